The highest BCUT2D eigenvalue weighted by molar-refractivity contribution is 7.10. The van der Waals surface area contributed by atoms with E-state index in [0.29, 0.717) is 22.9 Å². The summed E-state index contributed by atoms with van der Waals surface area (Å²) in [7, 11) is 0. The lowest BCUT2D eigenvalue weighted by molar-refractivity contribution is -0.132. The monoisotopic (exact) mass is 582 g/mol. The van der Waals surface area contributed by atoms with E-state index in [1.807, 2.05) is 104 Å². The molecule has 2 atom stereocenters. The third kappa shape index (κ3) is 6.48. The van der Waals surface area contributed by atoms with Gasteiger partial charge >= 0.3 is 6.09 Å². The van der Waals surface area contributed by atoms with Gasteiger partial charge in [-0.2, -0.15) is 4.37 Å². The summed E-state index contributed by atoms with van der Waals surface area (Å²) in [5.74, 6) is 0. The van der Waals surface area contributed by atoms with E-state index in [9.17, 15) is 9.59 Å². The average molecular weight is 583 g/mol. The third-order valence-electron chi connectivity index (χ3n) is 6.70. The summed E-state index contributed by atoms with van der Waals surface area (Å²) in [5.41, 5.74) is 6.82. The van der Waals surface area contributed by atoms with Crippen molar-refractivity contribution in [3.63, 3.8) is 0 Å². The molecule has 0 aliphatic heterocycles. The largest absolute Gasteiger partial charge is 0.455 e. The van der Waals surface area contributed by atoms with Crippen LogP contribution < -0.4 is 5.32 Å². The zero-order valence-corrected chi connectivity index (χ0v) is 24.0. The van der Waals surface area contributed by atoms with Crippen molar-refractivity contribution < 1.29 is 19.1 Å². The van der Waals surface area contributed by atoms with Gasteiger partial charge in [0, 0.05) is 10.6 Å². The van der Waals surface area contributed by atoms with Crippen molar-refractivity contribution in [3.05, 3.63) is 131 Å². The van der Waals surface area contributed by atoms with Crippen molar-refractivity contribution in [2.75, 3.05) is 5.32 Å². The zero-order valence-electron chi connectivity index (χ0n) is 22.4. The molecule has 1 unspecified atom stereocenters. The Morgan fingerprint density at radius 2 is 1.44 bits per heavy atom. The van der Waals surface area contributed by atoms with Gasteiger partial charge in [-0.15, -0.1) is 0 Å². The molecular formula is C33H27ClN2O4S. The highest BCUT2D eigenvalue weighted by Crippen LogP contribution is 2.37. The fraction of sp³-hybridized carbons (Fsp3) is 0.121. The minimum absolute atomic E-state index is 0.468. The first kappa shape index (κ1) is 28.1. The molecule has 1 heterocycles. The number of nitrogens with one attached hydrogen (secondary N) is 1. The van der Waals surface area contributed by atoms with Gasteiger partial charge in [-0.05, 0) is 59.3 Å². The predicted octanol–water partition coefficient (Wildman–Crippen LogP) is 9.01. The molecule has 0 bridgehead atoms. The van der Waals surface area contributed by atoms with Gasteiger partial charge in [-0.3, -0.25) is 10.1 Å². The van der Waals surface area contributed by atoms with Crippen LogP contribution in [0.5, 0.6) is 0 Å². The van der Waals surface area contributed by atoms with Crippen LogP contribution >= 0.6 is 23.1 Å². The molecule has 5 rings (SSSR count). The smallest absolute Gasteiger partial charge is 0.412 e. The van der Waals surface area contributed by atoms with Crippen LogP contribution in [-0.2, 0) is 14.3 Å². The Morgan fingerprint density at radius 3 is 2.10 bits per heavy atom. The van der Waals surface area contributed by atoms with Gasteiger partial charge in [0.15, 0.2) is 6.10 Å². The molecule has 5 aromatic rings. The summed E-state index contributed by atoms with van der Waals surface area (Å²) >= 11 is 7.57. The Labute approximate surface area is 247 Å². The summed E-state index contributed by atoms with van der Waals surface area (Å²) in [6.07, 6.45) is -1.56. The van der Waals surface area contributed by atoms with Gasteiger partial charge in [0.1, 0.15) is 6.10 Å². The normalized spacial score (nSPS) is 12.3. The first-order chi connectivity index (χ1) is 19.9. The van der Waals surface area contributed by atoms with Gasteiger partial charge in [-0.25, -0.2) is 4.79 Å². The van der Waals surface area contributed by atoms with Gasteiger partial charge < -0.3 is 9.47 Å². The molecule has 0 saturated carbocycles. The van der Waals surface area contributed by atoms with Crippen LogP contribution in [0.15, 0.2) is 103 Å². The molecule has 0 fully saturated rings. The molecule has 1 N–H and O–H groups in total. The quantitative estimate of drug-likeness (QED) is 0.175. The molecule has 0 saturated heterocycles. The van der Waals surface area contributed by atoms with Crippen molar-refractivity contribution >= 4 is 41.4 Å². The molecule has 41 heavy (non-hydrogen) atoms. The molecule has 0 radical (unpaired) electrons. The number of carbonyl (C=O) groups is 2. The van der Waals surface area contributed by atoms with Gasteiger partial charge in [0.2, 0.25) is 0 Å². The van der Waals surface area contributed by atoms with Crippen LogP contribution in [-0.4, -0.2) is 16.9 Å². The lowest BCUT2D eigenvalue weighted by Crippen LogP contribution is -2.16. The first-order valence-electron chi connectivity index (χ1n) is 13.0. The number of aryl methyl sites for hydroxylation is 1. The second-order valence-electron chi connectivity index (χ2n) is 9.39. The number of halogens is 1. The van der Waals surface area contributed by atoms with Crippen LogP contribution in [0.3, 0.4) is 0 Å². The number of nitrogens with zero attached hydrogens (tertiary/aromatic N) is 1. The summed E-state index contributed by atoms with van der Waals surface area (Å²) in [6, 6.07) is 32.9. The summed E-state index contributed by atoms with van der Waals surface area (Å²) in [6.45, 7) is 4.11. The minimum Gasteiger partial charge on any atom is -0.455 e. The number of amides is 1. The fourth-order valence-corrected chi connectivity index (χ4v) is 5.71. The topological polar surface area (TPSA) is 77.5 Å². The molecular weight excluding hydrogens is 556 g/mol. The molecule has 4 aromatic carbocycles. The number of hydrogen-bond acceptors (Lipinski definition) is 6. The Bertz CT molecular complexity index is 1640. The standard InChI is InChI=1S/C33H27ClN2O4S/c1-21-30(35-33(38)40-22(2)28-10-6-7-11-29(28)34)32(41-36-21)27-18-14-24(15-19-27)23-12-16-26(17-13-23)31(39-20-37)25-8-4-3-5-9-25/h3-20,22,31H,1-2H3,(H,35,38)/t22-,31?/m1/s1. The molecule has 1 aromatic heterocycles. The molecule has 0 aliphatic carbocycles. The molecule has 0 aliphatic rings. The van der Waals surface area contributed by atoms with E-state index in [1.165, 1.54) is 11.5 Å². The number of benzene rings is 4. The number of ether oxygens (including phenoxy) is 2. The average Bonchev–Trinajstić information content (AvgIpc) is 3.36. The maximum absolute atomic E-state index is 12.8. The van der Waals surface area contributed by atoms with Crippen LogP contribution in [0, 0.1) is 6.92 Å². The van der Waals surface area contributed by atoms with Crippen LogP contribution in [0.25, 0.3) is 21.6 Å². The Kier molecular flexibility index (Phi) is 8.77. The lowest BCUT2D eigenvalue weighted by Gasteiger charge is -2.16. The molecule has 1 amide bonds. The highest BCUT2D eigenvalue weighted by atomic mass is 35.5. The van der Waals surface area contributed by atoms with E-state index in [-0.39, 0.29) is 0 Å². The molecule has 206 valence electrons. The predicted molar refractivity (Wildman–Crippen MR) is 163 cm³/mol. The van der Waals surface area contributed by atoms with Crippen molar-refractivity contribution in [1.82, 2.24) is 4.37 Å². The number of aromatic nitrogens is 1. The zero-order chi connectivity index (χ0) is 28.8. The fourth-order valence-electron chi connectivity index (χ4n) is 4.57. The lowest BCUT2D eigenvalue weighted by atomic mass is 9.97. The number of rotatable bonds is 9. The summed E-state index contributed by atoms with van der Waals surface area (Å²) in [4.78, 5) is 24.7. The maximum atomic E-state index is 12.8. The minimum atomic E-state index is -0.578. The number of anilines is 1. The Morgan fingerprint density at radius 1 is 0.854 bits per heavy atom. The van der Waals surface area contributed by atoms with E-state index < -0.39 is 18.3 Å². The van der Waals surface area contributed by atoms with Crippen molar-refractivity contribution in [2.24, 2.45) is 0 Å². The van der Waals surface area contributed by atoms with Crippen molar-refractivity contribution in [2.45, 2.75) is 26.1 Å². The van der Waals surface area contributed by atoms with Crippen LogP contribution in [0.2, 0.25) is 5.02 Å². The van der Waals surface area contributed by atoms with Gasteiger partial charge in [0.05, 0.1) is 16.3 Å². The third-order valence-corrected chi connectivity index (χ3v) is 8.04. The van der Waals surface area contributed by atoms with Crippen molar-refractivity contribution in [1.29, 1.82) is 0 Å². The number of carbonyl (C=O) groups excluding carboxylic acids is 2. The second-order valence-corrected chi connectivity index (χ2v) is 10.6. The molecule has 8 heteroatoms. The maximum Gasteiger partial charge on any atom is 0.412 e. The molecule has 6 nitrogen and oxygen atoms in total. The van der Waals surface area contributed by atoms with Crippen molar-refractivity contribution in [3.8, 4) is 21.6 Å². The van der Waals surface area contributed by atoms with Gasteiger partial charge in [-0.1, -0.05) is 109 Å². The number of hydrogen-bond donors (Lipinski definition) is 1. The first-order valence-corrected chi connectivity index (χ1v) is 14.1. The van der Waals surface area contributed by atoms with E-state index in [1.54, 1.807) is 13.0 Å². The summed E-state index contributed by atoms with van der Waals surface area (Å²) < 4.78 is 15.4. The van der Waals surface area contributed by atoms with E-state index in [0.717, 1.165) is 38.3 Å². The molecule has 0 spiro atoms. The second kappa shape index (κ2) is 12.8. The van der Waals surface area contributed by atoms with E-state index in [2.05, 4.69) is 9.69 Å². The van der Waals surface area contributed by atoms with Gasteiger partial charge in [0.25, 0.3) is 6.47 Å². The Hall–Kier alpha value is -4.46. The van der Waals surface area contributed by atoms with Crippen LogP contribution in [0.4, 0.5) is 10.5 Å². The van der Waals surface area contributed by atoms with E-state index >= 15 is 0 Å². The Balaban J connectivity index is 1.30. The highest BCUT2D eigenvalue weighted by Gasteiger charge is 2.20. The summed E-state index contributed by atoms with van der Waals surface area (Å²) in [5, 5.41) is 3.41. The van der Waals surface area contributed by atoms with Crippen LogP contribution in [0.1, 0.15) is 41.5 Å². The SMILES string of the molecule is Cc1nsc(-c2ccc(-c3ccc(C(OC=O)c4ccccc4)cc3)cc2)c1NC(=O)O[C@H](C)c1ccccc1Cl. The van der Waals surface area contributed by atoms with E-state index in [4.69, 9.17) is 21.1 Å².